The number of esters is 1. The van der Waals surface area contributed by atoms with E-state index in [-0.39, 0.29) is 5.75 Å². The number of hydrogen-bond acceptors (Lipinski definition) is 5. The number of nitriles is 1. The molecular weight excluding hydrogens is 198 g/mol. The Morgan fingerprint density at radius 1 is 1.27 bits per heavy atom. The molecule has 0 saturated heterocycles. The van der Waals surface area contributed by atoms with Crippen molar-refractivity contribution in [3.05, 3.63) is 30.3 Å². The molecule has 0 heterocycles. The smallest absolute Gasteiger partial charge is 0.395 e. The second-order valence-corrected chi connectivity index (χ2v) is 2.47. The van der Waals surface area contributed by atoms with Gasteiger partial charge in [-0.15, -0.1) is 0 Å². The van der Waals surface area contributed by atoms with Crippen molar-refractivity contribution in [2.45, 2.75) is 6.42 Å². The first-order chi connectivity index (χ1) is 7.22. The van der Waals surface area contributed by atoms with E-state index in [9.17, 15) is 9.59 Å². The largest absolute Gasteiger partial charge is 0.521 e. The van der Waals surface area contributed by atoms with Gasteiger partial charge in [0.05, 0.1) is 6.07 Å². The molecule has 0 N–H and O–H groups in total. The number of para-hydroxylation sites is 1. The van der Waals surface area contributed by atoms with Crippen molar-refractivity contribution in [2.24, 2.45) is 0 Å². The first-order valence-electron chi connectivity index (χ1n) is 4.07. The number of rotatable bonds is 2. The van der Waals surface area contributed by atoms with Gasteiger partial charge in [-0.05, 0) is 12.1 Å². The van der Waals surface area contributed by atoms with E-state index in [2.05, 4.69) is 9.47 Å². The zero-order valence-electron chi connectivity index (χ0n) is 7.67. The van der Waals surface area contributed by atoms with Gasteiger partial charge in [-0.2, -0.15) is 5.26 Å². The molecule has 15 heavy (non-hydrogen) atoms. The van der Waals surface area contributed by atoms with Gasteiger partial charge in [0.1, 0.15) is 12.2 Å². The highest BCUT2D eigenvalue weighted by atomic mass is 16.7. The average molecular weight is 205 g/mol. The summed E-state index contributed by atoms with van der Waals surface area (Å²) in [5, 5.41) is 8.14. The highest BCUT2D eigenvalue weighted by Gasteiger charge is 2.11. The van der Waals surface area contributed by atoms with Crippen molar-refractivity contribution >= 4 is 12.1 Å². The van der Waals surface area contributed by atoms with Crippen molar-refractivity contribution < 1.29 is 19.1 Å². The highest BCUT2D eigenvalue weighted by molar-refractivity contribution is 5.83. The third-order valence-corrected chi connectivity index (χ3v) is 1.36. The minimum absolute atomic E-state index is 0.271. The van der Waals surface area contributed by atoms with E-state index in [0.29, 0.717) is 0 Å². The number of benzene rings is 1. The summed E-state index contributed by atoms with van der Waals surface area (Å²) in [5.41, 5.74) is 0. The molecule has 0 spiro atoms. The van der Waals surface area contributed by atoms with Crippen LogP contribution in [0, 0.1) is 11.3 Å². The van der Waals surface area contributed by atoms with E-state index in [1.807, 2.05) is 0 Å². The maximum Gasteiger partial charge on any atom is 0.521 e. The lowest BCUT2D eigenvalue weighted by molar-refractivity contribution is -0.137. The molecule has 0 aliphatic carbocycles. The normalized spacial score (nSPS) is 8.73. The van der Waals surface area contributed by atoms with Crippen LogP contribution in [0.4, 0.5) is 4.79 Å². The maximum absolute atomic E-state index is 10.9. The van der Waals surface area contributed by atoms with Gasteiger partial charge in [0.2, 0.25) is 0 Å². The minimum Gasteiger partial charge on any atom is -0.395 e. The third-order valence-electron chi connectivity index (χ3n) is 1.36. The van der Waals surface area contributed by atoms with Crippen LogP contribution < -0.4 is 4.74 Å². The molecular formula is C10H7NO4. The summed E-state index contributed by atoms with van der Waals surface area (Å²) in [6, 6.07) is 9.71. The first-order valence-corrected chi connectivity index (χ1v) is 4.07. The quantitative estimate of drug-likeness (QED) is 0.416. The summed E-state index contributed by atoms with van der Waals surface area (Å²) < 4.78 is 8.81. The van der Waals surface area contributed by atoms with Crippen LogP contribution >= 0.6 is 0 Å². The van der Waals surface area contributed by atoms with Crippen LogP contribution in [0.1, 0.15) is 6.42 Å². The van der Waals surface area contributed by atoms with Crippen molar-refractivity contribution in [1.29, 1.82) is 5.26 Å². The van der Waals surface area contributed by atoms with Crippen LogP contribution in [0.25, 0.3) is 0 Å². The minimum atomic E-state index is -1.14. The molecule has 0 unspecified atom stereocenters. The van der Waals surface area contributed by atoms with E-state index in [0.717, 1.165) is 0 Å². The number of hydrogen-bond donors (Lipinski definition) is 0. The molecule has 0 atom stereocenters. The fraction of sp³-hybridized carbons (Fsp3) is 0.100. The van der Waals surface area contributed by atoms with Gasteiger partial charge in [-0.3, -0.25) is 4.79 Å². The number of nitrogens with zero attached hydrogens (tertiary/aromatic N) is 1. The van der Waals surface area contributed by atoms with E-state index in [1.54, 1.807) is 24.3 Å². The van der Waals surface area contributed by atoms with Gasteiger partial charge in [0.15, 0.2) is 0 Å². The fourth-order valence-electron chi connectivity index (χ4n) is 0.799. The standard InChI is InChI=1S/C10H7NO4/c11-7-6-9(12)15-10(13)14-8-4-2-1-3-5-8/h1-5H,6H2. The van der Waals surface area contributed by atoms with Gasteiger partial charge < -0.3 is 9.47 Å². The second-order valence-electron chi connectivity index (χ2n) is 2.47. The summed E-state index contributed by atoms with van der Waals surface area (Å²) in [7, 11) is 0. The Morgan fingerprint density at radius 2 is 1.93 bits per heavy atom. The second kappa shape index (κ2) is 5.40. The molecule has 0 fully saturated rings. The molecule has 0 radical (unpaired) electrons. The molecule has 0 bridgehead atoms. The van der Waals surface area contributed by atoms with Crippen LogP contribution in [-0.4, -0.2) is 12.1 Å². The number of carbonyl (C=O) groups excluding carboxylic acids is 2. The molecule has 1 aromatic rings. The van der Waals surface area contributed by atoms with Crippen molar-refractivity contribution in [3.63, 3.8) is 0 Å². The van der Waals surface area contributed by atoms with Crippen molar-refractivity contribution in [2.75, 3.05) is 0 Å². The molecule has 0 aromatic heterocycles. The lowest BCUT2D eigenvalue weighted by Crippen LogP contribution is -2.15. The van der Waals surface area contributed by atoms with Gasteiger partial charge in [0, 0.05) is 0 Å². The fourth-order valence-corrected chi connectivity index (χ4v) is 0.799. The maximum atomic E-state index is 10.9. The van der Waals surface area contributed by atoms with Gasteiger partial charge in [-0.25, -0.2) is 4.79 Å². The summed E-state index contributed by atoms with van der Waals surface area (Å²) in [6.07, 6.45) is -1.62. The predicted octanol–water partition coefficient (Wildman–Crippen LogP) is 1.64. The molecule has 1 aromatic carbocycles. The topological polar surface area (TPSA) is 76.4 Å². The summed E-state index contributed by atoms with van der Waals surface area (Å²) >= 11 is 0. The zero-order chi connectivity index (χ0) is 11.1. The summed E-state index contributed by atoms with van der Waals surface area (Å²) in [6.45, 7) is 0. The average Bonchev–Trinajstić information content (AvgIpc) is 2.19. The predicted molar refractivity (Wildman–Crippen MR) is 48.8 cm³/mol. The molecule has 0 saturated carbocycles. The van der Waals surface area contributed by atoms with E-state index >= 15 is 0 Å². The Kier molecular flexibility index (Phi) is 3.86. The molecule has 0 aliphatic heterocycles. The van der Waals surface area contributed by atoms with E-state index < -0.39 is 18.5 Å². The molecule has 0 amide bonds. The molecule has 76 valence electrons. The van der Waals surface area contributed by atoms with E-state index in [1.165, 1.54) is 12.1 Å². The SMILES string of the molecule is N#CCC(=O)OC(=O)Oc1ccccc1. The van der Waals surface area contributed by atoms with Crippen LogP contribution in [0.3, 0.4) is 0 Å². The van der Waals surface area contributed by atoms with Crippen molar-refractivity contribution in [3.8, 4) is 11.8 Å². The van der Waals surface area contributed by atoms with Crippen molar-refractivity contribution in [1.82, 2.24) is 0 Å². The monoisotopic (exact) mass is 205 g/mol. The van der Waals surface area contributed by atoms with Crippen LogP contribution in [0.15, 0.2) is 30.3 Å². The van der Waals surface area contributed by atoms with Gasteiger partial charge >= 0.3 is 12.1 Å². The molecule has 1 rings (SSSR count). The van der Waals surface area contributed by atoms with Crippen LogP contribution in [-0.2, 0) is 9.53 Å². The van der Waals surface area contributed by atoms with Gasteiger partial charge in [-0.1, -0.05) is 18.2 Å². The highest BCUT2D eigenvalue weighted by Crippen LogP contribution is 2.09. The van der Waals surface area contributed by atoms with Gasteiger partial charge in [0.25, 0.3) is 0 Å². The Hall–Kier alpha value is -2.35. The number of carbonyl (C=O) groups is 2. The number of ether oxygens (including phenoxy) is 2. The van der Waals surface area contributed by atoms with E-state index in [4.69, 9.17) is 5.26 Å². The molecule has 5 nitrogen and oxygen atoms in total. The van der Waals surface area contributed by atoms with Crippen LogP contribution in [0.2, 0.25) is 0 Å². The Balaban J connectivity index is 2.44. The molecule has 5 heteroatoms. The summed E-state index contributed by atoms with van der Waals surface area (Å²) in [5.74, 6) is -0.661. The lowest BCUT2D eigenvalue weighted by Gasteiger charge is -2.01. The lowest BCUT2D eigenvalue weighted by atomic mass is 10.3. The van der Waals surface area contributed by atoms with Crippen LogP contribution in [0.5, 0.6) is 5.75 Å². The Bertz CT molecular complexity index is 394. The zero-order valence-corrected chi connectivity index (χ0v) is 7.67. The molecule has 0 aliphatic rings. The Labute approximate surface area is 85.8 Å². The summed E-state index contributed by atoms with van der Waals surface area (Å²) in [4.78, 5) is 21.6. The third kappa shape index (κ3) is 3.91. The first kappa shape index (κ1) is 10.7. The Morgan fingerprint density at radius 3 is 2.53 bits per heavy atom.